The van der Waals surface area contributed by atoms with E-state index in [0.717, 1.165) is 29.7 Å². The van der Waals surface area contributed by atoms with E-state index in [1.807, 2.05) is 12.1 Å². The van der Waals surface area contributed by atoms with Crippen LogP contribution in [-0.2, 0) is 27.9 Å². The quantitative estimate of drug-likeness (QED) is 0.608. The SMILES string of the molecule is CCOC(=O)C(C)(C)n1c(-c2ccccn2)nc2sc3c(c2c1=O)CCC(C)C3. The van der Waals surface area contributed by atoms with Crippen molar-refractivity contribution in [2.24, 2.45) is 5.92 Å². The number of aryl methyl sites for hydroxylation is 1. The van der Waals surface area contributed by atoms with E-state index in [1.165, 1.54) is 9.44 Å². The van der Waals surface area contributed by atoms with Crippen molar-refractivity contribution in [2.45, 2.75) is 52.5 Å². The second-order valence-electron chi connectivity index (χ2n) is 8.10. The van der Waals surface area contributed by atoms with Crippen molar-refractivity contribution in [3.63, 3.8) is 0 Å². The Kier molecular flexibility index (Phi) is 5.02. The number of hydrogen-bond donors (Lipinski definition) is 0. The predicted molar refractivity (Wildman–Crippen MR) is 114 cm³/mol. The molecule has 7 heteroatoms. The van der Waals surface area contributed by atoms with Crippen LogP contribution in [0.5, 0.6) is 0 Å². The number of carbonyl (C=O) groups excluding carboxylic acids is 1. The van der Waals surface area contributed by atoms with E-state index in [0.29, 0.717) is 22.8 Å². The van der Waals surface area contributed by atoms with E-state index in [2.05, 4.69) is 11.9 Å². The molecule has 6 nitrogen and oxygen atoms in total. The molecule has 4 rings (SSSR count). The largest absolute Gasteiger partial charge is 0.464 e. The minimum absolute atomic E-state index is 0.194. The van der Waals surface area contributed by atoms with Crippen LogP contribution < -0.4 is 5.56 Å². The van der Waals surface area contributed by atoms with Gasteiger partial charge < -0.3 is 4.74 Å². The standard InChI is InChI=1S/C22H25N3O3S/c1-5-28-21(27)22(3,4)25-18(15-8-6-7-11-23-15)24-19-17(20(25)26)14-10-9-13(2)12-16(14)29-19/h6-8,11,13H,5,9-10,12H2,1-4H3. The zero-order valence-electron chi connectivity index (χ0n) is 17.2. The molecule has 0 aromatic carbocycles. The van der Waals surface area contributed by atoms with Gasteiger partial charge in [-0.25, -0.2) is 9.78 Å². The van der Waals surface area contributed by atoms with Crippen molar-refractivity contribution in [1.29, 1.82) is 0 Å². The summed E-state index contributed by atoms with van der Waals surface area (Å²) in [4.78, 5) is 37.8. The zero-order valence-corrected chi connectivity index (χ0v) is 18.0. The first kappa shape index (κ1) is 19.8. The molecule has 0 fully saturated rings. The number of carbonyl (C=O) groups is 1. The summed E-state index contributed by atoms with van der Waals surface area (Å²) in [6.45, 7) is 7.65. The van der Waals surface area contributed by atoms with Crippen LogP contribution in [0.1, 0.15) is 44.6 Å². The summed E-state index contributed by atoms with van der Waals surface area (Å²) in [5.74, 6) is 0.537. The summed E-state index contributed by atoms with van der Waals surface area (Å²) >= 11 is 1.60. The van der Waals surface area contributed by atoms with Gasteiger partial charge in [0.1, 0.15) is 16.1 Å². The minimum Gasteiger partial charge on any atom is -0.464 e. The van der Waals surface area contributed by atoms with Gasteiger partial charge in [0.2, 0.25) is 0 Å². The van der Waals surface area contributed by atoms with Gasteiger partial charge in [0.05, 0.1) is 12.0 Å². The first-order valence-electron chi connectivity index (χ1n) is 10.0. The van der Waals surface area contributed by atoms with Gasteiger partial charge in [-0.2, -0.15) is 0 Å². The lowest BCUT2D eigenvalue weighted by Crippen LogP contribution is -2.45. The molecule has 0 saturated carbocycles. The summed E-state index contributed by atoms with van der Waals surface area (Å²) in [5, 5.41) is 0.647. The number of pyridine rings is 1. The molecule has 1 unspecified atom stereocenters. The zero-order chi connectivity index (χ0) is 20.8. The van der Waals surface area contributed by atoms with Crippen molar-refractivity contribution < 1.29 is 9.53 Å². The number of hydrogen-bond acceptors (Lipinski definition) is 6. The van der Waals surface area contributed by atoms with Crippen LogP contribution in [0, 0.1) is 5.92 Å². The Morgan fingerprint density at radius 1 is 1.38 bits per heavy atom. The molecule has 0 N–H and O–H groups in total. The minimum atomic E-state index is -1.21. The number of esters is 1. The average Bonchev–Trinajstić information content (AvgIpc) is 3.06. The highest BCUT2D eigenvalue weighted by Gasteiger charge is 2.37. The van der Waals surface area contributed by atoms with E-state index in [4.69, 9.17) is 9.72 Å². The fourth-order valence-corrected chi connectivity index (χ4v) is 5.35. The molecule has 29 heavy (non-hydrogen) atoms. The van der Waals surface area contributed by atoms with Crippen molar-refractivity contribution >= 4 is 27.5 Å². The Labute approximate surface area is 173 Å². The molecular formula is C22H25N3O3S. The molecule has 152 valence electrons. The molecule has 0 aliphatic heterocycles. The van der Waals surface area contributed by atoms with Crippen molar-refractivity contribution in [1.82, 2.24) is 14.5 Å². The monoisotopic (exact) mass is 411 g/mol. The normalized spacial score (nSPS) is 16.6. The molecule has 1 atom stereocenters. The van der Waals surface area contributed by atoms with Gasteiger partial charge >= 0.3 is 5.97 Å². The molecule has 0 bridgehead atoms. The van der Waals surface area contributed by atoms with Gasteiger partial charge in [-0.3, -0.25) is 14.3 Å². The van der Waals surface area contributed by atoms with Gasteiger partial charge in [0.25, 0.3) is 5.56 Å². The number of ether oxygens (including phenoxy) is 1. The van der Waals surface area contributed by atoms with E-state index >= 15 is 0 Å². The van der Waals surface area contributed by atoms with Crippen LogP contribution in [0.2, 0.25) is 0 Å². The number of fused-ring (bicyclic) bond motifs is 3. The van der Waals surface area contributed by atoms with Crippen LogP contribution in [0.15, 0.2) is 29.2 Å². The van der Waals surface area contributed by atoms with E-state index in [1.54, 1.807) is 44.4 Å². The first-order valence-corrected chi connectivity index (χ1v) is 10.8. The smallest absolute Gasteiger partial charge is 0.331 e. The maximum Gasteiger partial charge on any atom is 0.331 e. The molecule has 3 aromatic rings. The molecule has 0 amide bonds. The highest BCUT2D eigenvalue weighted by Crippen LogP contribution is 2.37. The summed E-state index contributed by atoms with van der Waals surface area (Å²) in [5.41, 5.74) is 0.253. The molecule has 0 radical (unpaired) electrons. The van der Waals surface area contributed by atoms with Gasteiger partial charge in [0.15, 0.2) is 5.82 Å². The first-order chi connectivity index (χ1) is 13.8. The third kappa shape index (κ3) is 3.27. The fourth-order valence-electron chi connectivity index (χ4n) is 3.97. The highest BCUT2D eigenvalue weighted by atomic mass is 32.1. The Balaban J connectivity index is 2.05. The average molecular weight is 412 g/mol. The molecule has 3 heterocycles. The third-order valence-corrected chi connectivity index (χ3v) is 6.71. The molecule has 0 saturated heterocycles. The Hall–Kier alpha value is -2.54. The maximum absolute atomic E-state index is 13.8. The summed E-state index contributed by atoms with van der Waals surface area (Å²) in [6.07, 6.45) is 4.56. The summed E-state index contributed by atoms with van der Waals surface area (Å²) in [7, 11) is 0. The molecule has 1 aliphatic carbocycles. The lowest BCUT2D eigenvalue weighted by Gasteiger charge is -2.27. The maximum atomic E-state index is 13.8. The summed E-state index contributed by atoms with van der Waals surface area (Å²) < 4.78 is 6.76. The van der Waals surface area contributed by atoms with Gasteiger partial charge in [-0.05, 0) is 63.6 Å². The fraction of sp³-hybridized carbons (Fsp3) is 0.455. The molecular weight excluding hydrogens is 386 g/mol. The van der Waals surface area contributed by atoms with E-state index < -0.39 is 11.5 Å². The van der Waals surface area contributed by atoms with Crippen molar-refractivity contribution in [2.75, 3.05) is 6.61 Å². The van der Waals surface area contributed by atoms with E-state index in [9.17, 15) is 9.59 Å². The van der Waals surface area contributed by atoms with Gasteiger partial charge in [0, 0.05) is 11.1 Å². The number of thiophene rings is 1. The lowest BCUT2D eigenvalue weighted by molar-refractivity contribution is -0.152. The third-order valence-electron chi connectivity index (χ3n) is 5.56. The Bertz CT molecular complexity index is 1130. The topological polar surface area (TPSA) is 74.1 Å². The van der Waals surface area contributed by atoms with E-state index in [-0.39, 0.29) is 12.2 Å². The number of rotatable bonds is 4. The number of aromatic nitrogens is 3. The molecule has 1 aliphatic rings. The van der Waals surface area contributed by atoms with Gasteiger partial charge in [-0.1, -0.05) is 13.0 Å². The van der Waals surface area contributed by atoms with Crippen molar-refractivity contribution in [3.8, 4) is 11.5 Å². The Morgan fingerprint density at radius 2 is 2.17 bits per heavy atom. The second kappa shape index (κ2) is 7.37. The molecule has 0 spiro atoms. The summed E-state index contributed by atoms with van der Waals surface area (Å²) in [6, 6.07) is 5.47. The second-order valence-corrected chi connectivity index (χ2v) is 9.19. The lowest BCUT2D eigenvalue weighted by atomic mass is 9.89. The van der Waals surface area contributed by atoms with Crippen LogP contribution in [0.25, 0.3) is 21.7 Å². The van der Waals surface area contributed by atoms with Crippen molar-refractivity contribution in [3.05, 3.63) is 45.2 Å². The Morgan fingerprint density at radius 3 is 2.86 bits per heavy atom. The highest BCUT2D eigenvalue weighted by molar-refractivity contribution is 7.18. The van der Waals surface area contributed by atoms with Gasteiger partial charge in [-0.15, -0.1) is 11.3 Å². The van der Waals surface area contributed by atoms with Crippen LogP contribution in [0.3, 0.4) is 0 Å². The predicted octanol–water partition coefficient (Wildman–Crippen LogP) is 3.94. The molecule has 3 aromatic heterocycles. The number of nitrogens with zero attached hydrogens (tertiary/aromatic N) is 3. The van der Waals surface area contributed by atoms with Crippen LogP contribution >= 0.6 is 11.3 Å². The van der Waals surface area contributed by atoms with Crippen LogP contribution in [-0.4, -0.2) is 27.1 Å². The van der Waals surface area contributed by atoms with Crippen LogP contribution in [0.4, 0.5) is 0 Å².